The van der Waals surface area contributed by atoms with Gasteiger partial charge in [-0.05, 0) is 82.1 Å². The van der Waals surface area contributed by atoms with Crippen molar-refractivity contribution in [1.82, 2.24) is 46.0 Å². The monoisotopic (exact) mass is 1140 g/mol. The number of hydrogen-bond donors (Lipinski definition) is 5. The van der Waals surface area contributed by atoms with Crippen LogP contribution in [0.2, 0.25) is 0 Å². The number of carbonyl (C=O) groups excluding carboxylic acids is 4. The molecule has 5 heterocycles. The maximum atomic E-state index is 16.0. The number of rotatable bonds is 19. The van der Waals surface area contributed by atoms with Crippen LogP contribution in [-0.2, 0) is 36.8 Å². The minimum Gasteiger partial charge on any atom is -0.453 e. The average molecular weight is 1140 g/mol. The van der Waals surface area contributed by atoms with E-state index in [2.05, 4.69) is 46.5 Å². The third kappa shape index (κ3) is 13.7. The third-order valence-electron chi connectivity index (χ3n) is 14.5. The molecule has 2 aromatic heterocycles. The summed E-state index contributed by atoms with van der Waals surface area (Å²) in [7, 11) is 1.60. The molecule has 7 rings (SSSR count). The molecule has 28 heteroatoms. The number of aromatic nitrogens is 3. The summed E-state index contributed by atoms with van der Waals surface area (Å²) < 4.78 is 160. The Hall–Kier alpha value is -7.22. The highest BCUT2D eigenvalue weighted by Crippen LogP contribution is 2.44. The number of likely N-dealkylation sites (tertiary alicyclic amines) is 1. The lowest BCUT2D eigenvalue weighted by atomic mass is 9.72. The van der Waals surface area contributed by atoms with Crippen LogP contribution in [0.4, 0.5) is 59.3 Å². The maximum Gasteiger partial charge on any atom is 0.407 e. The van der Waals surface area contributed by atoms with Crippen LogP contribution in [0.25, 0.3) is 11.3 Å². The molecule has 0 aliphatic carbocycles. The lowest BCUT2D eigenvalue weighted by Crippen LogP contribution is -2.75. The number of nitrogens with zero attached hydrogens (tertiary/aromatic N) is 6. The van der Waals surface area contributed by atoms with Crippen molar-refractivity contribution in [2.45, 2.75) is 89.8 Å². The number of anilines is 1. The van der Waals surface area contributed by atoms with Crippen molar-refractivity contribution in [2.24, 2.45) is 16.2 Å². The van der Waals surface area contributed by atoms with E-state index in [9.17, 15) is 59.4 Å². The number of hydrazine groups is 1. The molecule has 3 saturated heterocycles. The van der Waals surface area contributed by atoms with Gasteiger partial charge >= 0.3 is 31.1 Å². The quantitative estimate of drug-likeness (QED) is 0.0411. The van der Waals surface area contributed by atoms with Crippen molar-refractivity contribution in [1.29, 1.82) is 0 Å². The summed E-state index contributed by atoms with van der Waals surface area (Å²) in [4.78, 5) is 62.0. The van der Waals surface area contributed by atoms with Crippen LogP contribution in [0.15, 0.2) is 67.0 Å². The van der Waals surface area contributed by atoms with Gasteiger partial charge in [0.05, 0.1) is 62.1 Å². The first kappa shape index (κ1) is 60.4. The molecule has 4 amide bonds. The second-order valence-electron chi connectivity index (χ2n) is 21.0. The summed E-state index contributed by atoms with van der Waals surface area (Å²) >= 11 is 0. The normalized spacial score (nSPS) is 17.2. The summed E-state index contributed by atoms with van der Waals surface area (Å²) in [5, 5.41) is 22.0. The Labute approximate surface area is 452 Å². The van der Waals surface area contributed by atoms with Gasteiger partial charge in [-0.2, -0.15) is 40.2 Å². The van der Waals surface area contributed by atoms with E-state index in [0.717, 1.165) is 71.7 Å². The smallest absolute Gasteiger partial charge is 0.407 e. The van der Waals surface area contributed by atoms with Crippen molar-refractivity contribution in [3.8, 4) is 23.1 Å². The number of pyridine rings is 1. The predicted octanol–water partition coefficient (Wildman–Crippen LogP) is 6.09. The Kier molecular flexibility index (Phi) is 18.0. The minimum absolute atomic E-state index is 0.198. The Morgan fingerprint density at radius 1 is 0.800 bits per heavy atom. The Balaban J connectivity index is 1.17. The second kappa shape index (κ2) is 23.9. The Bertz CT molecular complexity index is 2910. The lowest BCUT2D eigenvalue weighted by Gasteiger charge is -2.63. The van der Waals surface area contributed by atoms with E-state index < -0.39 is 115 Å². The second-order valence-corrected chi connectivity index (χ2v) is 21.0. The van der Waals surface area contributed by atoms with Crippen LogP contribution in [0, 0.1) is 39.7 Å². The van der Waals surface area contributed by atoms with Crippen molar-refractivity contribution >= 4 is 29.8 Å². The largest absolute Gasteiger partial charge is 0.453 e. The molecule has 4 atom stereocenters. The van der Waals surface area contributed by atoms with E-state index in [1.165, 1.54) is 24.3 Å². The molecule has 4 aromatic rings. The molecule has 0 bridgehead atoms. The number of benzene rings is 2. The average Bonchev–Trinajstić information content (AvgIpc) is 3.86. The summed E-state index contributed by atoms with van der Waals surface area (Å²) in [5.74, 6) is 0.735. The van der Waals surface area contributed by atoms with E-state index >= 15 is 8.78 Å². The molecule has 18 nitrogen and oxygen atoms in total. The highest BCUT2D eigenvalue weighted by atomic mass is 19.4. The number of amides is 4. The highest BCUT2D eigenvalue weighted by Gasteiger charge is 2.58. The minimum atomic E-state index is -5.23. The highest BCUT2D eigenvalue weighted by molar-refractivity contribution is 5.87. The third-order valence-corrected chi connectivity index (χ3v) is 14.5. The van der Waals surface area contributed by atoms with Crippen molar-refractivity contribution in [3.05, 3.63) is 101 Å². The molecule has 434 valence electrons. The maximum absolute atomic E-state index is 16.0. The Morgan fingerprint density at radius 3 is 1.84 bits per heavy atom. The first-order valence-electron chi connectivity index (χ1n) is 24.8. The summed E-state index contributed by atoms with van der Waals surface area (Å²) in [6, 6.07) is 5.78. The van der Waals surface area contributed by atoms with Gasteiger partial charge in [0.2, 0.25) is 5.91 Å². The molecule has 3 aliphatic rings. The van der Waals surface area contributed by atoms with E-state index in [-0.39, 0.29) is 26.9 Å². The number of hydrogen-bond acceptors (Lipinski definition) is 13. The molecule has 3 aliphatic heterocycles. The number of nitrogens with one attached hydrogen (secondary N) is 4. The first-order chi connectivity index (χ1) is 37.4. The van der Waals surface area contributed by atoms with Crippen LogP contribution in [0.1, 0.15) is 56.5 Å². The zero-order chi connectivity index (χ0) is 58.7. The first-order valence-corrected chi connectivity index (χ1v) is 24.8. The summed E-state index contributed by atoms with van der Waals surface area (Å²) in [5.41, 5.74) is -4.17. The van der Waals surface area contributed by atoms with Gasteiger partial charge < -0.3 is 40.2 Å². The van der Waals surface area contributed by atoms with E-state index in [4.69, 9.17) is 4.74 Å². The van der Waals surface area contributed by atoms with E-state index in [0.29, 0.717) is 62.0 Å². The van der Waals surface area contributed by atoms with Crippen molar-refractivity contribution in [2.75, 3.05) is 65.1 Å². The van der Waals surface area contributed by atoms with Gasteiger partial charge in [0.1, 0.15) is 29.5 Å². The molecule has 0 unspecified atom stereocenters. The lowest BCUT2D eigenvalue weighted by molar-refractivity contribution is -0.221. The standard InChI is InChI=1S/C52H58F10N10O8/c1-48(2,51(57,58)59)41(65-46(76)78-5)43(74)64-38(17-30-10-7-29(8-11-30)9-12-31-13-14-40(63-20-31)70-27-50(28-70)25-69(26-50)33-23-80-24-33)39(73)22-71(68-44(75)42(66-47(77)79-6)49(3,4)52(60,61)62)21-34-35(53)18-32(19-36(34)54)37-15-16-72(67-37)45(55)56/h7-8,10-11,13-16,18-20,33,38-39,41-42,45,73H,17,21-28H2,1-6H3,(H,64,74)(H,65,76)(H,66,77)(H,68,75)/t38-,39-,41+,42+/m0/s1. The Morgan fingerprint density at radius 2 is 1.35 bits per heavy atom. The summed E-state index contributed by atoms with van der Waals surface area (Å²) in [6.07, 6.45) is -13.6. The molecule has 3 fully saturated rings. The number of aliphatic hydroxyl groups is 1. The molecule has 2 aromatic carbocycles. The van der Waals surface area contributed by atoms with Gasteiger partial charge in [0.25, 0.3) is 5.91 Å². The zero-order valence-corrected chi connectivity index (χ0v) is 43.9. The molecule has 1 spiro atoms. The van der Waals surface area contributed by atoms with E-state index in [1.807, 2.05) is 22.9 Å². The number of ether oxygens (including phenoxy) is 3. The van der Waals surface area contributed by atoms with Crippen LogP contribution in [0.5, 0.6) is 0 Å². The van der Waals surface area contributed by atoms with Crippen molar-refractivity contribution in [3.63, 3.8) is 0 Å². The number of methoxy groups -OCH3 is 2. The van der Waals surface area contributed by atoms with Gasteiger partial charge in [0.15, 0.2) is 0 Å². The SMILES string of the molecule is COC(=O)N[C@H](C(=O)N[C@@H](Cc1ccc(C#Cc2ccc(N3CC4(C3)CN(C3COC3)C4)nc2)cc1)[C@@H](O)CN(Cc1c(F)cc(-c2ccn(C(F)F)n2)cc1F)NC(=O)[C@@H](NC(=O)OC)C(C)(C)C(F)(F)F)C(C)(C)C(F)(F)F. The number of alkyl carbamates (subject to hydrolysis) is 2. The number of aliphatic hydroxyl groups excluding tert-OH is 1. The van der Waals surface area contributed by atoms with Crippen LogP contribution in [-0.4, -0.2) is 157 Å². The zero-order valence-electron chi connectivity index (χ0n) is 43.9. The predicted molar refractivity (Wildman–Crippen MR) is 265 cm³/mol. The fourth-order valence-corrected chi connectivity index (χ4v) is 9.20. The van der Waals surface area contributed by atoms with Gasteiger partial charge in [-0.3, -0.25) is 19.9 Å². The van der Waals surface area contributed by atoms with Crippen LogP contribution < -0.4 is 26.3 Å². The van der Waals surface area contributed by atoms with Crippen LogP contribution >= 0.6 is 0 Å². The molecular formula is C52H58F10N10O8. The topological polar surface area (TPSA) is 205 Å². The number of alkyl halides is 8. The molecule has 0 saturated carbocycles. The summed E-state index contributed by atoms with van der Waals surface area (Å²) in [6.45, 7) is 2.21. The fourth-order valence-electron chi connectivity index (χ4n) is 9.20. The number of carbonyl (C=O) groups is 4. The number of halogens is 10. The molecule has 80 heavy (non-hydrogen) atoms. The van der Waals surface area contributed by atoms with Gasteiger partial charge in [0, 0.05) is 79.3 Å². The molecule has 0 radical (unpaired) electrons. The van der Waals surface area contributed by atoms with Gasteiger partial charge in [-0.15, -0.1) is 0 Å². The van der Waals surface area contributed by atoms with Gasteiger partial charge in [-0.25, -0.2) is 33.0 Å². The molecular weight excluding hydrogens is 1080 g/mol. The molecule has 5 N–H and O–H groups in total. The fraction of sp³-hybridized carbons (Fsp3) is 0.500. The van der Waals surface area contributed by atoms with Crippen molar-refractivity contribution < 1.29 is 82.4 Å². The van der Waals surface area contributed by atoms with Crippen LogP contribution in [0.3, 0.4) is 0 Å². The van der Waals surface area contributed by atoms with E-state index in [1.54, 1.807) is 11.5 Å². The van der Waals surface area contributed by atoms with Gasteiger partial charge in [-0.1, -0.05) is 24.0 Å².